The summed E-state index contributed by atoms with van der Waals surface area (Å²) in [6.07, 6.45) is -0.464. The molecule has 4 nitrogen and oxygen atoms in total. The number of carbonyl (C=O) groups excluding carboxylic acids is 1. The lowest BCUT2D eigenvalue weighted by atomic mass is 10.1. The van der Waals surface area contributed by atoms with Gasteiger partial charge in [0.25, 0.3) is 0 Å². The van der Waals surface area contributed by atoms with Crippen molar-refractivity contribution in [2.75, 3.05) is 4.90 Å². The fourth-order valence-electron chi connectivity index (χ4n) is 2.12. The number of amides is 1. The van der Waals surface area contributed by atoms with Crippen molar-refractivity contribution in [3.8, 4) is 6.07 Å². The molecule has 0 aliphatic carbocycles. The van der Waals surface area contributed by atoms with Crippen LogP contribution in [0.25, 0.3) is 0 Å². The molecule has 24 heavy (non-hydrogen) atoms. The van der Waals surface area contributed by atoms with E-state index in [1.54, 1.807) is 24.3 Å². The van der Waals surface area contributed by atoms with Crippen LogP contribution in [-0.2, 0) is 4.74 Å². The summed E-state index contributed by atoms with van der Waals surface area (Å²) < 4.78 is 6.51. The van der Waals surface area contributed by atoms with Crippen LogP contribution in [0.2, 0.25) is 0 Å². The van der Waals surface area contributed by atoms with Gasteiger partial charge in [-0.15, -0.1) is 0 Å². The number of halogens is 1. The average molecular weight is 387 g/mol. The predicted molar refractivity (Wildman–Crippen MR) is 98.4 cm³/mol. The molecular formula is C19H19BrN2O2. The van der Waals surface area contributed by atoms with Gasteiger partial charge in [0.2, 0.25) is 0 Å². The van der Waals surface area contributed by atoms with Crippen LogP contribution in [0.3, 0.4) is 0 Å². The van der Waals surface area contributed by atoms with Gasteiger partial charge in [-0.3, -0.25) is 0 Å². The van der Waals surface area contributed by atoms with Crippen molar-refractivity contribution in [3.63, 3.8) is 0 Å². The molecule has 0 aliphatic rings. The molecule has 0 fully saturated rings. The van der Waals surface area contributed by atoms with E-state index in [1.165, 1.54) is 4.90 Å². The highest BCUT2D eigenvalue weighted by atomic mass is 79.9. The van der Waals surface area contributed by atoms with Crippen LogP contribution >= 0.6 is 15.9 Å². The Bertz CT molecular complexity index is 786. The van der Waals surface area contributed by atoms with E-state index in [0.717, 1.165) is 10.0 Å². The van der Waals surface area contributed by atoms with Gasteiger partial charge in [0, 0.05) is 4.47 Å². The lowest BCUT2D eigenvalue weighted by Gasteiger charge is -2.28. The molecule has 0 radical (unpaired) electrons. The summed E-state index contributed by atoms with van der Waals surface area (Å²) in [6, 6.07) is 14.6. The zero-order valence-corrected chi connectivity index (χ0v) is 15.7. The Morgan fingerprint density at radius 2 is 1.71 bits per heavy atom. The van der Waals surface area contributed by atoms with Crippen LogP contribution in [0.15, 0.2) is 46.9 Å². The number of ether oxygens (including phenoxy) is 1. The van der Waals surface area contributed by atoms with Gasteiger partial charge in [-0.05, 0) is 75.7 Å². The maximum Gasteiger partial charge on any atom is 0.419 e. The minimum atomic E-state index is -0.605. The van der Waals surface area contributed by atoms with Gasteiger partial charge < -0.3 is 4.74 Å². The molecule has 1 amide bonds. The number of rotatable bonds is 2. The first-order valence-corrected chi connectivity index (χ1v) is 8.30. The van der Waals surface area contributed by atoms with E-state index in [1.807, 2.05) is 45.9 Å². The summed E-state index contributed by atoms with van der Waals surface area (Å²) in [6.45, 7) is 7.44. The van der Waals surface area contributed by atoms with Gasteiger partial charge in [-0.2, -0.15) is 5.26 Å². The van der Waals surface area contributed by atoms with Gasteiger partial charge in [0.1, 0.15) is 5.60 Å². The Balaban J connectivity index is 2.49. The summed E-state index contributed by atoms with van der Waals surface area (Å²) >= 11 is 3.47. The molecule has 2 rings (SSSR count). The number of benzene rings is 2. The molecule has 0 bridgehead atoms. The van der Waals surface area contributed by atoms with Gasteiger partial charge in [-0.1, -0.05) is 15.9 Å². The highest BCUT2D eigenvalue weighted by molar-refractivity contribution is 9.10. The molecule has 0 N–H and O–H groups in total. The highest BCUT2D eigenvalue weighted by Crippen LogP contribution is 2.30. The van der Waals surface area contributed by atoms with Crippen molar-refractivity contribution in [1.82, 2.24) is 0 Å². The number of hydrogen-bond donors (Lipinski definition) is 0. The largest absolute Gasteiger partial charge is 0.443 e. The smallest absolute Gasteiger partial charge is 0.419 e. The van der Waals surface area contributed by atoms with E-state index >= 15 is 0 Å². The Labute approximate surface area is 150 Å². The van der Waals surface area contributed by atoms with Crippen molar-refractivity contribution in [2.45, 2.75) is 33.3 Å². The Morgan fingerprint density at radius 1 is 1.12 bits per heavy atom. The number of aryl methyl sites for hydroxylation is 1. The Morgan fingerprint density at radius 3 is 2.21 bits per heavy atom. The molecular weight excluding hydrogens is 368 g/mol. The van der Waals surface area contributed by atoms with Crippen molar-refractivity contribution >= 4 is 33.4 Å². The highest BCUT2D eigenvalue weighted by Gasteiger charge is 2.25. The fourth-order valence-corrected chi connectivity index (χ4v) is 2.37. The maximum absolute atomic E-state index is 12.7. The SMILES string of the molecule is Cc1cc(N(C(=O)OC(C)(C)C)c2ccc(C#N)cc2)ccc1Br. The molecule has 0 saturated heterocycles. The van der Waals surface area contributed by atoms with E-state index in [9.17, 15) is 4.79 Å². The number of anilines is 2. The normalized spacial score (nSPS) is 10.8. The van der Waals surface area contributed by atoms with Crippen molar-refractivity contribution in [2.24, 2.45) is 0 Å². The zero-order chi connectivity index (χ0) is 17.9. The van der Waals surface area contributed by atoms with Crippen LogP contribution in [0.5, 0.6) is 0 Å². The van der Waals surface area contributed by atoms with Gasteiger partial charge in [-0.25, -0.2) is 9.69 Å². The van der Waals surface area contributed by atoms with Crippen LogP contribution in [0.4, 0.5) is 16.2 Å². The number of nitriles is 1. The first-order valence-electron chi connectivity index (χ1n) is 7.51. The van der Waals surface area contributed by atoms with Gasteiger partial charge >= 0.3 is 6.09 Å². The monoisotopic (exact) mass is 386 g/mol. The summed E-state index contributed by atoms with van der Waals surface area (Å²) in [7, 11) is 0. The summed E-state index contributed by atoms with van der Waals surface area (Å²) in [5.74, 6) is 0. The Hall–Kier alpha value is -2.32. The third-order valence-electron chi connectivity index (χ3n) is 3.23. The Kier molecular flexibility index (Phi) is 5.30. The van der Waals surface area contributed by atoms with Crippen LogP contribution in [0.1, 0.15) is 31.9 Å². The van der Waals surface area contributed by atoms with Crippen molar-refractivity contribution < 1.29 is 9.53 Å². The molecule has 2 aromatic carbocycles. The molecule has 2 aromatic rings. The number of hydrogen-bond acceptors (Lipinski definition) is 3. The van der Waals surface area contributed by atoms with Gasteiger partial charge in [0.15, 0.2) is 0 Å². The van der Waals surface area contributed by atoms with E-state index in [4.69, 9.17) is 10.00 Å². The molecule has 0 aromatic heterocycles. The van der Waals surface area contributed by atoms with E-state index in [2.05, 4.69) is 22.0 Å². The molecule has 0 spiro atoms. The first kappa shape index (κ1) is 18.0. The second-order valence-electron chi connectivity index (χ2n) is 6.41. The molecule has 0 heterocycles. The summed E-state index contributed by atoms with van der Waals surface area (Å²) in [5.41, 5.74) is 2.29. The van der Waals surface area contributed by atoms with E-state index < -0.39 is 11.7 Å². The topological polar surface area (TPSA) is 53.3 Å². The van der Waals surface area contributed by atoms with E-state index in [0.29, 0.717) is 16.9 Å². The molecule has 0 aliphatic heterocycles. The zero-order valence-electron chi connectivity index (χ0n) is 14.1. The van der Waals surface area contributed by atoms with Crippen LogP contribution < -0.4 is 4.90 Å². The van der Waals surface area contributed by atoms with Crippen LogP contribution in [0, 0.1) is 18.3 Å². The molecule has 5 heteroatoms. The average Bonchev–Trinajstić information content (AvgIpc) is 2.50. The molecule has 0 unspecified atom stereocenters. The fraction of sp³-hybridized carbons (Fsp3) is 0.263. The predicted octanol–water partition coefficient (Wildman–Crippen LogP) is 5.70. The first-order chi connectivity index (χ1) is 11.2. The molecule has 0 saturated carbocycles. The van der Waals surface area contributed by atoms with E-state index in [-0.39, 0.29) is 0 Å². The number of nitrogens with zero attached hydrogens (tertiary/aromatic N) is 2. The van der Waals surface area contributed by atoms with Gasteiger partial charge in [0.05, 0.1) is 23.0 Å². The molecule has 124 valence electrons. The lowest BCUT2D eigenvalue weighted by molar-refractivity contribution is 0.0599. The quantitative estimate of drug-likeness (QED) is 0.664. The standard InChI is InChI=1S/C19H19BrN2O2/c1-13-11-16(9-10-17(13)20)22(18(23)24-19(2,3)4)15-7-5-14(12-21)6-8-15/h5-11H,1-4H3. The third kappa shape index (κ3) is 4.36. The third-order valence-corrected chi connectivity index (χ3v) is 4.12. The number of carbonyl (C=O) groups is 1. The lowest BCUT2D eigenvalue weighted by Crippen LogP contribution is -2.33. The minimum absolute atomic E-state index is 0.464. The van der Waals surface area contributed by atoms with Crippen LogP contribution in [-0.4, -0.2) is 11.7 Å². The minimum Gasteiger partial charge on any atom is -0.443 e. The van der Waals surface area contributed by atoms with Crippen molar-refractivity contribution in [1.29, 1.82) is 5.26 Å². The molecule has 0 atom stereocenters. The maximum atomic E-state index is 12.7. The second kappa shape index (κ2) is 7.06. The summed E-state index contributed by atoms with van der Waals surface area (Å²) in [5, 5.41) is 8.95. The second-order valence-corrected chi connectivity index (χ2v) is 7.26. The van der Waals surface area contributed by atoms with Crippen molar-refractivity contribution in [3.05, 3.63) is 58.1 Å². The summed E-state index contributed by atoms with van der Waals surface area (Å²) in [4.78, 5) is 14.2.